The van der Waals surface area contributed by atoms with Crippen LogP contribution in [0, 0.1) is 0 Å². The molecular weight excluding hydrogens is 296 g/mol. The normalized spacial score (nSPS) is 10.4. The van der Waals surface area contributed by atoms with E-state index in [2.05, 4.69) is 10.1 Å². The average molecular weight is 312 g/mol. The fourth-order valence-corrected chi connectivity index (χ4v) is 2.19. The summed E-state index contributed by atoms with van der Waals surface area (Å²) in [5.41, 5.74) is 1.52. The van der Waals surface area contributed by atoms with Crippen LogP contribution in [0.2, 0.25) is 0 Å². The van der Waals surface area contributed by atoms with Gasteiger partial charge in [-0.1, -0.05) is 17.3 Å². The molecule has 3 rings (SSSR count). The van der Waals surface area contributed by atoms with Crippen molar-refractivity contribution in [2.45, 2.75) is 0 Å². The molecule has 0 aliphatic carbocycles. The van der Waals surface area contributed by atoms with E-state index in [1.54, 1.807) is 27.4 Å². The van der Waals surface area contributed by atoms with Gasteiger partial charge >= 0.3 is 0 Å². The first-order valence-corrected chi connectivity index (χ1v) is 6.95. The molecule has 1 heterocycles. The molecule has 0 atom stereocenters. The van der Waals surface area contributed by atoms with Crippen molar-refractivity contribution in [1.82, 2.24) is 10.1 Å². The highest BCUT2D eigenvalue weighted by molar-refractivity contribution is 5.67. The number of hydrogen-bond acceptors (Lipinski definition) is 6. The standard InChI is InChI=1S/C17H16N2O4/c1-20-12-6-4-5-11(9-12)16-18-17(23-19-16)14-8-7-13(21-2)10-15(14)22-3/h4-10H,1-3H3. The molecule has 6 heteroatoms. The van der Waals surface area contributed by atoms with Gasteiger partial charge in [-0.25, -0.2) is 0 Å². The van der Waals surface area contributed by atoms with Gasteiger partial charge in [-0.2, -0.15) is 4.98 Å². The largest absolute Gasteiger partial charge is 0.497 e. The maximum Gasteiger partial charge on any atom is 0.262 e. The summed E-state index contributed by atoms with van der Waals surface area (Å²) in [4.78, 5) is 4.44. The predicted molar refractivity (Wildman–Crippen MR) is 84.8 cm³/mol. The second-order valence-corrected chi connectivity index (χ2v) is 4.72. The third-order valence-electron chi connectivity index (χ3n) is 3.39. The Balaban J connectivity index is 1.98. The Kier molecular flexibility index (Phi) is 4.14. The van der Waals surface area contributed by atoms with Gasteiger partial charge in [0.05, 0.1) is 26.9 Å². The van der Waals surface area contributed by atoms with Crippen molar-refractivity contribution in [3.63, 3.8) is 0 Å². The lowest BCUT2D eigenvalue weighted by Crippen LogP contribution is -1.90. The molecule has 0 amide bonds. The van der Waals surface area contributed by atoms with Gasteiger partial charge in [-0.15, -0.1) is 0 Å². The van der Waals surface area contributed by atoms with Gasteiger partial charge in [0, 0.05) is 11.6 Å². The molecule has 0 spiro atoms. The molecule has 0 bridgehead atoms. The van der Waals surface area contributed by atoms with Crippen LogP contribution < -0.4 is 14.2 Å². The summed E-state index contributed by atoms with van der Waals surface area (Å²) < 4.78 is 21.1. The molecule has 0 aliphatic heterocycles. The third-order valence-corrected chi connectivity index (χ3v) is 3.39. The van der Waals surface area contributed by atoms with E-state index >= 15 is 0 Å². The smallest absolute Gasteiger partial charge is 0.262 e. The van der Waals surface area contributed by atoms with Crippen molar-refractivity contribution in [2.24, 2.45) is 0 Å². The van der Waals surface area contributed by atoms with E-state index in [1.165, 1.54) is 0 Å². The van der Waals surface area contributed by atoms with Crippen molar-refractivity contribution in [3.05, 3.63) is 42.5 Å². The van der Waals surface area contributed by atoms with Crippen LogP contribution in [0.5, 0.6) is 17.2 Å². The van der Waals surface area contributed by atoms with Gasteiger partial charge in [0.25, 0.3) is 5.89 Å². The van der Waals surface area contributed by atoms with Crippen molar-refractivity contribution < 1.29 is 18.7 Å². The van der Waals surface area contributed by atoms with Crippen LogP contribution >= 0.6 is 0 Å². The van der Waals surface area contributed by atoms with Crippen LogP contribution in [0.15, 0.2) is 47.0 Å². The van der Waals surface area contributed by atoms with Gasteiger partial charge in [-0.3, -0.25) is 0 Å². The summed E-state index contributed by atoms with van der Waals surface area (Å²) in [6, 6.07) is 12.9. The first-order chi connectivity index (χ1) is 11.2. The number of rotatable bonds is 5. The maximum absolute atomic E-state index is 5.37. The van der Waals surface area contributed by atoms with Crippen LogP contribution in [0.1, 0.15) is 0 Å². The Morgan fingerprint density at radius 2 is 1.65 bits per heavy atom. The zero-order chi connectivity index (χ0) is 16.2. The topological polar surface area (TPSA) is 66.6 Å². The minimum Gasteiger partial charge on any atom is -0.497 e. The summed E-state index contributed by atoms with van der Waals surface area (Å²) in [7, 11) is 4.79. The maximum atomic E-state index is 5.37. The van der Waals surface area contributed by atoms with E-state index in [0.29, 0.717) is 28.8 Å². The zero-order valence-corrected chi connectivity index (χ0v) is 13.1. The number of benzene rings is 2. The molecule has 0 aliphatic rings. The van der Waals surface area contributed by atoms with E-state index in [9.17, 15) is 0 Å². The lowest BCUT2D eigenvalue weighted by atomic mass is 10.2. The highest BCUT2D eigenvalue weighted by Crippen LogP contribution is 2.33. The van der Waals surface area contributed by atoms with Crippen LogP contribution in [0.3, 0.4) is 0 Å². The molecule has 2 aromatic carbocycles. The van der Waals surface area contributed by atoms with Gasteiger partial charge in [0.1, 0.15) is 17.2 Å². The molecular formula is C17H16N2O4. The molecule has 23 heavy (non-hydrogen) atoms. The van der Waals surface area contributed by atoms with Crippen molar-refractivity contribution in [2.75, 3.05) is 21.3 Å². The minimum absolute atomic E-state index is 0.377. The Labute approximate surface area is 133 Å². The molecule has 118 valence electrons. The number of nitrogens with zero attached hydrogens (tertiary/aromatic N) is 2. The molecule has 0 fully saturated rings. The van der Waals surface area contributed by atoms with E-state index in [4.69, 9.17) is 18.7 Å². The molecule has 1 aromatic heterocycles. The molecule has 0 N–H and O–H groups in total. The lowest BCUT2D eigenvalue weighted by Gasteiger charge is -2.06. The number of hydrogen-bond donors (Lipinski definition) is 0. The molecule has 0 saturated carbocycles. The SMILES string of the molecule is COc1cccc(-c2noc(-c3ccc(OC)cc3OC)n2)c1. The quantitative estimate of drug-likeness (QED) is 0.719. The Hall–Kier alpha value is -3.02. The summed E-state index contributed by atoms with van der Waals surface area (Å²) in [5, 5.41) is 4.03. The zero-order valence-electron chi connectivity index (χ0n) is 13.1. The monoisotopic (exact) mass is 312 g/mol. The average Bonchev–Trinajstić information content (AvgIpc) is 3.11. The van der Waals surface area contributed by atoms with Crippen LogP contribution in [0.25, 0.3) is 22.8 Å². The van der Waals surface area contributed by atoms with Crippen molar-refractivity contribution >= 4 is 0 Å². The number of ether oxygens (including phenoxy) is 3. The van der Waals surface area contributed by atoms with E-state index in [1.807, 2.05) is 36.4 Å². The Morgan fingerprint density at radius 1 is 0.870 bits per heavy atom. The highest BCUT2D eigenvalue weighted by Gasteiger charge is 2.16. The summed E-state index contributed by atoms with van der Waals surface area (Å²) in [6.07, 6.45) is 0. The molecule has 6 nitrogen and oxygen atoms in total. The first-order valence-electron chi connectivity index (χ1n) is 6.95. The Morgan fingerprint density at radius 3 is 2.39 bits per heavy atom. The summed E-state index contributed by atoms with van der Waals surface area (Å²) >= 11 is 0. The van der Waals surface area contributed by atoms with E-state index in [0.717, 1.165) is 11.3 Å². The third kappa shape index (κ3) is 2.96. The van der Waals surface area contributed by atoms with Gasteiger partial charge in [0.15, 0.2) is 0 Å². The van der Waals surface area contributed by atoms with Crippen molar-refractivity contribution in [3.8, 4) is 40.1 Å². The van der Waals surface area contributed by atoms with Gasteiger partial charge in [0.2, 0.25) is 5.82 Å². The number of methoxy groups -OCH3 is 3. The van der Waals surface area contributed by atoms with E-state index in [-0.39, 0.29) is 0 Å². The van der Waals surface area contributed by atoms with Crippen molar-refractivity contribution in [1.29, 1.82) is 0 Å². The molecule has 0 radical (unpaired) electrons. The first kappa shape index (κ1) is 14.9. The lowest BCUT2D eigenvalue weighted by molar-refractivity contribution is 0.391. The molecule has 0 saturated heterocycles. The second-order valence-electron chi connectivity index (χ2n) is 4.72. The summed E-state index contributed by atoms with van der Waals surface area (Å²) in [6.45, 7) is 0. The van der Waals surface area contributed by atoms with Gasteiger partial charge in [-0.05, 0) is 24.3 Å². The fraction of sp³-hybridized carbons (Fsp3) is 0.176. The molecule has 3 aromatic rings. The Bertz CT molecular complexity index is 814. The predicted octanol–water partition coefficient (Wildman–Crippen LogP) is 3.43. The van der Waals surface area contributed by atoms with Crippen LogP contribution in [-0.2, 0) is 0 Å². The van der Waals surface area contributed by atoms with Crippen LogP contribution in [0.4, 0.5) is 0 Å². The number of aromatic nitrogens is 2. The molecule has 0 unspecified atom stereocenters. The van der Waals surface area contributed by atoms with E-state index < -0.39 is 0 Å². The fourth-order valence-electron chi connectivity index (χ4n) is 2.19. The van der Waals surface area contributed by atoms with Gasteiger partial charge < -0.3 is 18.7 Å². The minimum atomic E-state index is 0.377. The second kappa shape index (κ2) is 6.39. The highest BCUT2D eigenvalue weighted by atomic mass is 16.5. The summed E-state index contributed by atoms with van der Waals surface area (Å²) in [5.74, 6) is 2.89. The van der Waals surface area contributed by atoms with Crippen LogP contribution in [-0.4, -0.2) is 31.5 Å².